The molecular weight excluding hydrogens is 370 g/mol. The lowest BCUT2D eigenvalue weighted by Gasteiger charge is -2.33. The van der Waals surface area contributed by atoms with Crippen LogP contribution in [-0.4, -0.2) is 69.5 Å². The molecule has 27 heavy (non-hydrogen) atoms. The Kier molecular flexibility index (Phi) is 7.34. The van der Waals surface area contributed by atoms with Crippen LogP contribution in [0.4, 0.5) is 4.79 Å². The second-order valence-electron chi connectivity index (χ2n) is 6.60. The first-order valence-corrected chi connectivity index (χ1v) is 10.4. The highest BCUT2D eigenvalue weighted by Crippen LogP contribution is 2.23. The van der Waals surface area contributed by atoms with Crippen molar-refractivity contribution in [1.29, 1.82) is 0 Å². The molecule has 0 radical (unpaired) electrons. The molecule has 1 saturated heterocycles. The topological polar surface area (TPSA) is 96.0 Å². The van der Waals surface area contributed by atoms with Gasteiger partial charge in [-0.15, -0.1) is 0 Å². The number of nitrogens with one attached hydrogen (secondary N) is 1. The largest absolute Gasteiger partial charge is 0.453 e. The van der Waals surface area contributed by atoms with E-state index in [9.17, 15) is 18.0 Å². The smallest absolute Gasteiger partial charge is 0.413 e. The number of ether oxygens (including phenoxy) is 1. The maximum absolute atomic E-state index is 12.8. The number of piperazine rings is 1. The Morgan fingerprint density at radius 3 is 2.26 bits per heavy atom. The van der Waals surface area contributed by atoms with Gasteiger partial charge in [0.05, 0.1) is 18.6 Å². The Bertz CT molecular complexity index is 756. The van der Waals surface area contributed by atoms with E-state index in [0.29, 0.717) is 32.1 Å². The molecule has 1 aliphatic rings. The first kappa shape index (κ1) is 21.3. The van der Waals surface area contributed by atoms with Crippen LogP contribution in [0.5, 0.6) is 0 Å². The van der Waals surface area contributed by atoms with E-state index in [1.165, 1.54) is 11.4 Å². The minimum absolute atomic E-state index is 0.0204. The van der Waals surface area contributed by atoms with Crippen LogP contribution in [0.3, 0.4) is 0 Å². The molecule has 0 bridgehead atoms. The predicted octanol–water partition coefficient (Wildman–Crippen LogP) is 1.39. The van der Waals surface area contributed by atoms with Crippen molar-refractivity contribution in [3.63, 3.8) is 0 Å². The van der Waals surface area contributed by atoms with Crippen molar-refractivity contribution < 1.29 is 22.7 Å². The minimum atomic E-state index is -3.55. The summed E-state index contributed by atoms with van der Waals surface area (Å²) in [6.45, 7) is 5.64. The third kappa shape index (κ3) is 5.50. The van der Waals surface area contributed by atoms with Gasteiger partial charge in [0.1, 0.15) is 0 Å². The Morgan fingerprint density at radius 1 is 1.15 bits per heavy atom. The zero-order valence-corrected chi connectivity index (χ0v) is 16.8. The van der Waals surface area contributed by atoms with E-state index in [1.807, 2.05) is 12.1 Å². The normalized spacial score (nSPS) is 17.3. The van der Waals surface area contributed by atoms with Crippen molar-refractivity contribution in [3.8, 4) is 0 Å². The maximum atomic E-state index is 12.8. The van der Waals surface area contributed by atoms with Gasteiger partial charge in [0.2, 0.25) is 15.9 Å². The molecule has 0 unspecified atom stereocenters. The van der Waals surface area contributed by atoms with Crippen LogP contribution >= 0.6 is 0 Å². The van der Waals surface area contributed by atoms with Gasteiger partial charge in [0, 0.05) is 26.2 Å². The Labute approximate surface area is 160 Å². The maximum Gasteiger partial charge on any atom is 0.413 e. The van der Waals surface area contributed by atoms with Crippen molar-refractivity contribution in [2.45, 2.75) is 31.1 Å². The van der Waals surface area contributed by atoms with Gasteiger partial charge in [-0.25, -0.2) is 13.2 Å². The van der Waals surface area contributed by atoms with Gasteiger partial charge in [-0.1, -0.05) is 26.0 Å². The monoisotopic (exact) mass is 397 g/mol. The van der Waals surface area contributed by atoms with Crippen LogP contribution in [0.15, 0.2) is 29.2 Å². The summed E-state index contributed by atoms with van der Waals surface area (Å²) in [7, 11) is -2.37. The Balaban J connectivity index is 1.94. The first-order chi connectivity index (χ1) is 12.8. The number of methoxy groups -OCH3 is 1. The summed E-state index contributed by atoms with van der Waals surface area (Å²) in [5, 5.41) is 2.09. The summed E-state index contributed by atoms with van der Waals surface area (Å²) in [4.78, 5) is 24.8. The van der Waals surface area contributed by atoms with Gasteiger partial charge in [-0.05, 0) is 30.0 Å². The van der Waals surface area contributed by atoms with Crippen LogP contribution in [0.2, 0.25) is 0 Å². The van der Waals surface area contributed by atoms with E-state index < -0.39 is 22.0 Å². The second-order valence-corrected chi connectivity index (χ2v) is 8.54. The minimum Gasteiger partial charge on any atom is -0.453 e. The fraction of sp³-hybridized carbons (Fsp3) is 0.556. The number of amides is 2. The van der Waals surface area contributed by atoms with Gasteiger partial charge in [-0.3, -0.25) is 15.0 Å². The van der Waals surface area contributed by atoms with Crippen molar-refractivity contribution >= 4 is 22.0 Å². The summed E-state index contributed by atoms with van der Waals surface area (Å²) in [6.07, 6.45) is 0.194. The molecule has 2 amide bonds. The number of sulfonamides is 1. The molecule has 0 spiro atoms. The number of benzene rings is 1. The number of nitrogens with zero attached hydrogens (tertiary/aromatic N) is 2. The van der Waals surface area contributed by atoms with Crippen LogP contribution < -0.4 is 5.32 Å². The molecule has 0 aromatic heterocycles. The van der Waals surface area contributed by atoms with Gasteiger partial charge in [-0.2, -0.15) is 4.31 Å². The zero-order chi connectivity index (χ0) is 20.0. The second kappa shape index (κ2) is 9.29. The predicted molar refractivity (Wildman–Crippen MR) is 101 cm³/mol. The van der Waals surface area contributed by atoms with Crippen molar-refractivity contribution in [1.82, 2.24) is 14.5 Å². The lowest BCUT2D eigenvalue weighted by atomic mass is 9.99. The summed E-state index contributed by atoms with van der Waals surface area (Å²) >= 11 is 0. The molecule has 1 aromatic carbocycles. The molecule has 1 fully saturated rings. The first-order valence-electron chi connectivity index (χ1n) is 8.98. The van der Waals surface area contributed by atoms with Gasteiger partial charge in [0.15, 0.2) is 0 Å². The highest BCUT2D eigenvalue weighted by Gasteiger charge is 2.29. The van der Waals surface area contributed by atoms with Gasteiger partial charge < -0.3 is 4.74 Å². The highest BCUT2D eigenvalue weighted by molar-refractivity contribution is 7.89. The van der Waals surface area contributed by atoms with E-state index in [4.69, 9.17) is 0 Å². The van der Waals surface area contributed by atoms with E-state index in [1.54, 1.807) is 17.0 Å². The third-order valence-corrected chi connectivity index (χ3v) is 6.74. The molecular formula is C18H27N3O5S. The van der Waals surface area contributed by atoms with Crippen molar-refractivity contribution in [2.24, 2.45) is 0 Å². The number of carbonyl (C=O) groups is 2. The number of hydrogen-bond acceptors (Lipinski definition) is 6. The summed E-state index contributed by atoms with van der Waals surface area (Å²) in [6, 6.07) is 7.06. The fourth-order valence-electron chi connectivity index (χ4n) is 2.89. The van der Waals surface area contributed by atoms with Crippen LogP contribution in [-0.2, 0) is 19.6 Å². The average molecular weight is 397 g/mol. The van der Waals surface area contributed by atoms with E-state index in [2.05, 4.69) is 23.9 Å². The lowest BCUT2D eigenvalue weighted by Crippen LogP contribution is -2.51. The highest BCUT2D eigenvalue weighted by atomic mass is 32.2. The molecule has 1 aliphatic heterocycles. The number of rotatable bonds is 6. The van der Waals surface area contributed by atoms with Gasteiger partial charge >= 0.3 is 6.09 Å². The molecule has 1 N–H and O–H groups in total. The molecule has 1 aromatic rings. The quantitative estimate of drug-likeness (QED) is 0.779. The number of alkyl carbamates (subject to hydrolysis) is 1. The molecule has 9 heteroatoms. The fourth-order valence-corrected chi connectivity index (χ4v) is 4.31. The molecule has 150 valence electrons. The van der Waals surface area contributed by atoms with Crippen LogP contribution in [0.1, 0.15) is 31.7 Å². The lowest BCUT2D eigenvalue weighted by molar-refractivity contribution is -0.121. The number of carbonyl (C=O) groups excluding carboxylic acids is 2. The van der Waals surface area contributed by atoms with E-state index in [-0.39, 0.29) is 11.4 Å². The average Bonchev–Trinajstić information content (AvgIpc) is 2.67. The SMILES string of the molecule is CC[C@@H](C)c1ccc(S(=O)(=O)N2CCN(CC(=O)NC(=O)OC)CC2)cc1. The molecule has 0 aliphatic carbocycles. The Morgan fingerprint density at radius 2 is 1.74 bits per heavy atom. The van der Waals surface area contributed by atoms with E-state index in [0.717, 1.165) is 12.0 Å². The number of imide groups is 1. The molecule has 1 atom stereocenters. The molecule has 1 heterocycles. The molecule has 0 saturated carbocycles. The molecule has 8 nitrogen and oxygen atoms in total. The van der Waals surface area contributed by atoms with Crippen molar-refractivity contribution in [3.05, 3.63) is 29.8 Å². The molecule has 2 rings (SSSR count). The standard InChI is InChI=1S/C18H27N3O5S/c1-4-14(2)15-5-7-16(8-6-15)27(24,25)21-11-9-20(10-12-21)13-17(22)19-18(23)26-3/h5-8,14H,4,9-13H2,1-3H3,(H,19,22,23)/t14-/m1/s1. The van der Waals surface area contributed by atoms with Crippen LogP contribution in [0, 0.1) is 0 Å². The van der Waals surface area contributed by atoms with Crippen LogP contribution in [0.25, 0.3) is 0 Å². The van der Waals surface area contributed by atoms with Gasteiger partial charge in [0.25, 0.3) is 0 Å². The zero-order valence-electron chi connectivity index (χ0n) is 16.0. The summed E-state index contributed by atoms with van der Waals surface area (Å²) < 4.78 is 31.4. The van der Waals surface area contributed by atoms with E-state index >= 15 is 0 Å². The summed E-state index contributed by atoms with van der Waals surface area (Å²) in [5.41, 5.74) is 1.12. The number of hydrogen-bond donors (Lipinski definition) is 1. The summed E-state index contributed by atoms with van der Waals surface area (Å²) in [5.74, 6) is -0.0831. The Hall–Kier alpha value is -1.97. The third-order valence-electron chi connectivity index (χ3n) is 4.82. The van der Waals surface area contributed by atoms with Crippen molar-refractivity contribution in [2.75, 3.05) is 39.8 Å².